The van der Waals surface area contributed by atoms with Crippen molar-refractivity contribution in [1.82, 2.24) is 0 Å². The van der Waals surface area contributed by atoms with E-state index in [0.717, 1.165) is 16.5 Å². The lowest BCUT2D eigenvalue weighted by molar-refractivity contribution is 0.355. The van der Waals surface area contributed by atoms with Gasteiger partial charge >= 0.3 is 5.63 Å². The Hall–Kier alpha value is -3.79. The van der Waals surface area contributed by atoms with Crippen LogP contribution in [0.15, 0.2) is 82.0 Å². The first-order valence-corrected chi connectivity index (χ1v) is 9.21. The molecule has 0 atom stereocenters. The first-order valence-electron chi connectivity index (χ1n) is 9.21. The minimum Gasteiger partial charge on any atom is -0.493 e. The molecule has 0 aliphatic heterocycles. The number of rotatable bonds is 5. The summed E-state index contributed by atoms with van der Waals surface area (Å²) in [6.07, 6.45) is 4.09. The van der Waals surface area contributed by atoms with Gasteiger partial charge in [-0.05, 0) is 47.0 Å². The zero-order valence-electron chi connectivity index (χ0n) is 16.2. The van der Waals surface area contributed by atoms with E-state index in [1.165, 1.54) is 0 Å². The highest BCUT2D eigenvalue weighted by atomic mass is 16.5. The van der Waals surface area contributed by atoms with Crippen LogP contribution in [0.5, 0.6) is 11.5 Å². The SMILES string of the molecule is COc1ccc(-c2cc3cc(/C=C\c4ccccc4)ccc3oc2=O)cc1OC. The Morgan fingerprint density at radius 2 is 1.52 bits per heavy atom. The van der Waals surface area contributed by atoms with Gasteiger partial charge in [-0.2, -0.15) is 0 Å². The maximum atomic E-state index is 12.5. The molecular weight excluding hydrogens is 364 g/mol. The summed E-state index contributed by atoms with van der Waals surface area (Å²) in [4.78, 5) is 12.5. The second-order valence-electron chi connectivity index (χ2n) is 6.56. The average molecular weight is 384 g/mol. The summed E-state index contributed by atoms with van der Waals surface area (Å²) in [5.74, 6) is 1.17. The van der Waals surface area contributed by atoms with E-state index < -0.39 is 5.63 Å². The van der Waals surface area contributed by atoms with Crippen LogP contribution in [0.3, 0.4) is 0 Å². The lowest BCUT2D eigenvalue weighted by Crippen LogP contribution is -2.03. The van der Waals surface area contributed by atoms with Crippen molar-refractivity contribution in [2.45, 2.75) is 0 Å². The second-order valence-corrected chi connectivity index (χ2v) is 6.56. The highest BCUT2D eigenvalue weighted by Crippen LogP contribution is 2.32. The Bertz CT molecular complexity index is 1240. The Kier molecular flexibility index (Phi) is 5.16. The van der Waals surface area contributed by atoms with Crippen LogP contribution in [0.4, 0.5) is 0 Å². The Morgan fingerprint density at radius 1 is 0.759 bits per heavy atom. The Balaban J connectivity index is 1.75. The predicted molar refractivity (Wildman–Crippen MR) is 116 cm³/mol. The molecule has 0 N–H and O–H groups in total. The standard InChI is InChI=1S/C25H20O4/c1-27-23-13-11-19(16-24(23)28-2)21-15-20-14-18(10-12-22(20)29-25(21)26)9-8-17-6-4-3-5-7-17/h3-16H,1-2H3/b9-8-. The van der Waals surface area contributed by atoms with Crippen molar-refractivity contribution < 1.29 is 13.9 Å². The molecule has 0 saturated heterocycles. The second kappa shape index (κ2) is 8.07. The summed E-state index contributed by atoms with van der Waals surface area (Å²) in [5.41, 5.74) is 3.49. The minimum atomic E-state index is -0.391. The van der Waals surface area contributed by atoms with Crippen LogP contribution in [0.1, 0.15) is 11.1 Å². The lowest BCUT2D eigenvalue weighted by Gasteiger charge is -2.09. The van der Waals surface area contributed by atoms with Gasteiger partial charge in [-0.15, -0.1) is 0 Å². The highest BCUT2D eigenvalue weighted by Gasteiger charge is 2.11. The van der Waals surface area contributed by atoms with E-state index in [-0.39, 0.29) is 0 Å². The molecule has 4 rings (SSSR count). The van der Waals surface area contributed by atoms with Crippen molar-refractivity contribution >= 4 is 23.1 Å². The van der Waals surface area contributed by atoms with Gasteiger partial charge in [0.25, 0.3) is 0 Å². The summed E-state index contributed by atoms with van der Waals surface area (Å²) in [7, 11) is 3.14. The molecule has 1 aromatic heterocycles. The molecule has 0 amide bonds. The molecule has 0 aliphatic carbocycles. The van der Waals surface area contributed by atoms with Crippen LogP contribution >= 0.6 is 0 Å². The van der Waals surface area contributed by atoms with Gasteiger partial charge in [-0.1, -0.05) is 54.6 Å². The molecule has 0 fully saturated rings. The summed E-state index contributed by atoms with van der Waals surface area (Å²) in [6.45, 7) is 0. The third-order valence-electron chi connectivity index (χ3n) is 4.72. The van der Waals surface area contributed by atoms with Gasteiger partial charge in [-0.25, -0.2) is 4.79 Å². The van der Waals surface area contributed by atoms with Gasteiger partial charge < -0.3 is 13.9 Å². The van der Waals surface area contributed by atoms with Crippen LogP contribution in [0, 0.1) is 0 Å². The summed E-state index contributed by atoms with van der Waals surface area (Å²) in [6, 6.07) is 23.1. The van der Waals surface area contributed by atoms with Gasteiger partial charge in [0.15, 0.2) is 11.5 Å². The summed E-state index contributed by atoms with van der Waals surface area (Å²) >= 11 is 0. The fraction of sp³-hybridized carbons (Fsp3) is 0.0800. The minimum absolute atomic E-state index is 0.391. The quantitative estimate of drug-likeness (QED) is 0.330. The number of methoxy groups -OCH3 is 2. The van der Waals surface area contributed by atoms with Crippen LogP contribution in [0.25, 0.3) is 34.2 Å². The highest BCUT2D eigenvalue weighted by molar-refractivity contribution is 5.85. The zero-order chi connectivity index (χ0) is 20.2. The Labute approximate surface area is 168 Å². The van der Waals surface area contributed by atoms with E-state index in [4.69, 9.17) is 13.9 Å². The molecule has 29 heavy (non-hydrogen) atoms. The monoisotopic (exact) mass is 384 g/mol. The molecule has 3 aromatic carbocycles. The molecule has 144 valence electrons. The molecule has 0 radical (unpaired) electrons. The fourth-order valence-electron chi connectivity index (χ4n) is 3.21. The van der Waals surface area contributed by atoms with Crippen molar-refractivity contribution in [2.24, 2.45) is 0 Å². The van der Waals surface area contributed by atoms with Crippen molar-refractivity contribution in [3.05, 3.63) is 94.3 Å². The Morgan fingerprint density at radius 3 is 2.28 bits per heavy atom. The largest absolute Gasteiger partial charge is 0.493 e. The van der Waals surface area contributed by atoms with E-state index in [9.17, 15) is 4.79 Å². The first kappa shape index (κ1) is 18.6. The topological polar surface area (TPSA) is 48.7 Å². The zero-order valence-corrected chi connectivity index (χ0v) is 16.2. The molecule has 0 saturated carbocycles. The average Bonchev–Trinajstić information content (AvgIpc) is 2.77. The molecule has 0 unspecified atom stereocenters. The molecule has 4 nitrogen and oxygen atoms in total. The molecule has 0 bridgehead atoms. The first-order chi connectivity index (χ1) is 14.2. The van der Waals surface area contributed by atoms with E-state index in [2.05, 4.69) is 6.08 Å². The molecule has 4 heteroatoms. The third-order valence-corrected chi connectivity index (χ3v) is 4.72. The van der Waals surface area contributed by atoms with Gasteiger partial charge in [0, 0.05) is 5.39 Å². The lowest BCUT2D eigenvalue weighted by atomic mass is 10.0. The fourth-order valence-corrected chi connectivity index (χ4v) is 3.21. The van der Waals surface area contributed by atoms with Crippen molar-refractivity contribution in [2.75, 3.05) is 14.2 Å². The number of benzene rings is 3. The van der Waals surface area contributed by atoms with Gasteiger partial charge in [-0.3, -0.25) is 0 Å². The number of hydrogen-bond acceptors (Lipinski definition) is 4. The van der Waals surface area contributed by atoms with E-state index >= 15 is 0 Å². The van der Waals surface area contributed by atoms with Crippen molar-refractivity contribution in [3.8, 4) is 22.6 Å². The molecule has 0 aliphatic rings. The van der Waals surface area contributed by atoms with E-state index in [1.54, 1.807) is 26.4 Å². The van der Waals surface area contributed by atoms with Gasteiger partial charge in [0.05, 0.1) is 19.8 Å². The van der Waals surface area contributed by atoms with E-state index in [0.29, 0.717) is 28.2 Å². The van der Waals surface area contributed by atoms with Crippen molar-refractivity contribution in [3.63, 3.8) is 0 Å². The number of fused-ring (bicyclic) bond motifs is 1. The number of hydrogen-bond donors (Lipinski definition) is 0. The van der Waals surface area contributed by atoms with E-state index in [1.807, 2.05) is 66.7 Å². The third kappa shape index (κ3) is 3.92. The maximum absolute atomic E-state index is 12.5. The smallest absolute Gasteiger partial charge is 0.344 e. The number of ether oxygens (including phenoxy) is 2. The van der Waals surface area contributed by atoms with Crippen LogP contribution < -0.4 is 15.1 Å². The van der Waals surface area contributed by atoms with Crippen LogP contribution in [-0.4, -0.2) is 14.2 Å². The van der Waals surface area contributed by atoms with Crippen molar-refractivity contribution in [1.29, 1.82) is 0 Å². The summed E-state index contributed by atoms with van der Waals surface area (Å²) in [5, 5.41) is 0.851. The van der Waals surface area contributed by atoms with Gasteiger partial charge in [0.2, 0.25) is 0 Å². The maximum Gasteiger partial charge on any atom is 0.344 e. The molecule has 4 aromatic rings. The molecule has 0 spiro atoms. The predicted octanol–water partition coefficient (Wildman–Crippen LogP) is 5.65. The van der Waals surface area contributed by atoms with Crippen LogP contribution in [-0.2, 0) is 0 Å². The van der Waals surface area contributed by atoms with Gasteiger partial charge in [0.1, 0.15) is 5.58 Å². The summed E-state index contributed by atoms with van der Waals surface area (Å²) < 4.78 is 16.2. The van der Waals surface area contributed by atoms with Crippen LogP contribution in [0.2, 0.25) is 0 Å². The molecular formula is C25H20O4. The molecule has 1 heterocycles. The normalized spacial score (nSPS) is 11.1.